The zero-order valence-corrected chi connectivity index (χ0v) is 27.6. The van der Waals surface area contributed by atoms with Crippen LogP contribution in [0.1, 0.15) is 77.5 Å². The van der Waals surface area contributed by atoms with Gasteiger partial charge in [0.2, 0.25) is 0 Å². The number of anilines is 1. The standard InChI is InChI=1S/C42H42ClN/c1-7-31-34-23-19-27-13-9-11-15-32(27)38(34)41(3,4)35(31)24-20-29-17-18-30(40(29)43)22-26-37-42(5,6)39-33-16-12-10-14-28(33)21-25-36(39)44(37)8-2/h9-16,19-26H,7-8,17-18H2,1-6H3/b24-20+,30-22+,37-26+. The molecule has 1 nitrogen and oxygen atoms in total. The summed E-state index contributed by atoms with van der Waals surface area (Å²) in [6.07, 6.45) is 12.3. The monoisotopic (exact) mass is 595 g/mol. The summed E-state index contributed by atoms with van der Waals surface area (Å²) < 4.78 is 0. The fourth-order valence-corrected chi connectivity index (χ4v) is 8.61. The van der Waals surface area contributed by atoms with Gasteiger partial charge in [-0.15, -0.1) is 0 Å². The van der Waals surface area contributed by atoms with Crippen molar-refractivity contribution >= 4 is 44.4 Å². The maximum Gasteiger partial charge on any atom is 0.0470 e. The molecule has 0 aromatic heterocycles. The lowest BCUT2D eigenvalue weighted by Gasteiger charge is -2.26. The van der Waals surface area contributed by atoms with E-state index in [9.17, 15) is 0 Å². The molecular formula is C42H42ClN. The van der Waals surface area contributed by atoms with E-state index in [0.717, 1.165) is 30.8 Å². The third-order valence-electron chi connectivity index (χ3n) is 10.4. The van der Waals surface area contributed by atoms with E-state index in [1.54, 1.807) is 0 Å². The summed E-state index contributed by atoms with van der Waals surface area (Å²) in [5.41, 5.74) is 12.1. The molecule has 7 rings (SSSR count). The molecule has 2 aliphatic carbocycles. The van der Waals surface area contributed by atoms with Crippen molar-refractivity contribution in [3.05, 3.63) is 141 Å². The molecule has 0 saturated heterocycles. The van der Waals surface area contributed by atoms with Gasteiger partial charge in [0.25, 0.3) is 0 Å². The van der Waals surface area contributed by atoms with Crippen LogP contribution in [0.15, 0.2) is 125 Å². The van der Waals surface area contributed by atoms with Crippen LogP contribution in [0.4, 0.5) is 5.69 Å². The number of benzene rings is 4. The first-order valence-corrected chi connectivity index (χ1v) is 16.6. The van der Waals surface area contributed by atoms with Crippen LogP contribution in [0.2, 0.25) is 0 Å². The topological polar surface area (TPSA) is 3.24 Å². The van der Waals surface area contributed by atoms with Gasteiger partial charge >= 0.3 is 0 Å². The highest BCUT2D eigenvalue weighted by molar-refractivity contribution is 6.33. The highest BCUT2D eigenvalue weighted by Crippen LogP contribution is 2.52. The Kier molecular flexibility index (Phi) is 7.02. The second kappa shape index (κ2) is 10.7. The molecule has 2 heteroatoms. The first-order valence-electron chi connectivity index (χ1n) is 16.2. The van der Waals surface area contributed by atoms with Gasteiger partial charge in [0.1, 0.15) is 0 Å². The minimum atomic E-state index is -0.100. The molecule has 4 aromatic carbocycles. The van der Waals surface area contributed by atoms with Crippen molar-refractivity contribution in [3.63, 3.8) is 0 Å². The summed E-state index contributed by atoms with van der Waals surface area (Å²) in [6, 6.07) is 26.8. The van der Waals surface area contributed by atoms with E-state index >= 15 is 0 Å². The van der Waals surface area contributed by atoms with Gasteiger partial charge in [0.05, 0.1) is 0 Å². The first kappa shape index (κ1) is 28.9. The number of hydrogen-bond acceptors (Lipinski definition) is 1. The largest absolute Gasteiger partial charge is 0.344 e. The molecule has 0 bridgehead atoms. The van der Waals surface area contributed by atoms with Crippen LogP contribution < -0.4 is 4.90 Å². The lowest BCUT2D eigenvalue weighted by Crippen LogP contribution is -2.25. The van der Waals surface area contributed by atoms with E-state index in [-0.39, 0.29) is 10.8 Å². The summed E-state index contributed by atoms with van der Waals surface area (Å²) >= 11 is 7.13. The SMILES string of the molecule is CCC1=C(/C=C/C2=C(Cl)C(=C/C=C3/N(CC)c4ccc5ccccc5c4C3(C)C)/CC2)C(C)(C)c2c1ccc1ccccc21. The number of likely N-dealkylation sites (N-methyl/N-ethyl adjacent to an activating group) is 1. The van der Waals surface area contributed by atoms with Crippen LogP contribution in [0.3, 0.4) is 0 Å². The van der Waals surface area contributed by atoms with Gasteiger partial charge in [-0.05, 0) is 98.9 Å². The molecule has 1 heterocycles. The highest BCUT2D eigenvalue weighted by Gasteiger charge is 2.41. The Bertz CT molecular complexity index is 1990. The molecule has 44 heavy (non-hydrogen) atoms. The Morgan fingerprint density at radius 2 is 1.39 bits per heavy atom. The van der Waals surface area contributed by atoms with Crippen molar-refractivity contribution in [1.82, 2.24) is 0 Å². The normalized spacial score (nSPS) is 20.8. The predicted octanol–water partition coefficient (Wildman–Crippen LogP) is 11.9. The van der Waals surface area contributed by atoms with Crippen LogP contribution in [-0.4, -0.2) is 6.54 Å². The van der Waals surface area contributed by atoms with Gasteiger partial charge in [0, 0.05) is 33.8 Å². The summed E-state index contributed by atoms with van der Waals surface area (Å²) in [5.74, 6) is 0. The lowest BCUT2D eigenvalue weighted by atomic mass is 9.78. The van der Waals surface area contributed by atoms with E-state index in [1.165, 1.54) is 71.9 Å². The van der Waals surface area contributed by atoms with Gasteiger partial charge in [-0.1, -0.05) is 131 Å². The van der Waals surface area contributed by atoms with E-state index in [2.05, 4.69) is 144 Å². The van der Waals surface area contributed by atoms with Gasteiger partial charge < -0.3 is 4.90 Å². The third-order valence-corrected chi connectivity index (χ3v) is 10.9. The van der Waals surface area contributed by atoms with Crippen molar-refractivity contribution in [2.45, 2.75) is 71.6 Å². The van der Waals surface area contributed by atoms with Crippen LogP contribution in [-0.2, 0) is 10.8 Å². The number of rotatable bonds is 5. The molecule has 0 atom stereocenters. The zero-order valence-electron chi connectivity index (χ0n) is 26.9. The maximum atomic E-state index is 7.13. The Labute approximate surface area is 267 Å². The summed E-state index contributed by atoms with van der Waals surface area (Å²) in [5, 5.41) is 6.25. The number of nitrogens with zero attached hydrogens (tertiary/aromatic N) is 1. The summed E-state index contributed by atoms with van der Waals surface area (Å²) in [4.78, 5) is 2.48. The second-order valence-electron chi connectivity index (χ2n) is 13.5. The molecule has 0 radical (unpaired) electrons. The Balaban J connectivity index is 1.22. The van der Waals surface area contributed by atoms with E-state index in [0.29, 0.717) is 0 Å². The number of halogens is 1. The molecule has 222 valence electrons. The number of hydrogen-bond donors (Lipinski definition) is 0. The zero-order chi connectivity index (χ0) is 30.8. The lowest BCUT2D eigenvalue weighted by molar-refractivity contribution is 0.638. The number of fused-ring (bicyclic) bond motifs is 6. The molecule has 0 amide bonds. The summed E-state index contributed by atoms with van der Waals surface area (Å²) in [6.45, 7) is 15.0. The van der Waals surface area contributed by atoms with Crippen molar-refractivity contribution in [3.8, 4) is 0 Å². The fraction of sp³-hybridized carbons (Fsp3) is 0.286. The first-order chi connectivity index (χ1) is 21.2. The molecular weight excluding hydrogens is 554 g/mol. The van der Waals surface area contributed by atoms with Gasteiger partial charge in [-0.25, -0.2) is 0 Å². The van der Waals surface area contributed by atoms with E-state index in [4.69, 9.17) is 11.6 Å². The Morgan fingerprint density at radius 1 is 0.727 bits per heavy atom. The minimum Gasteiger partial charge on any atom is -0.344 e. The molecule has 0 N–H and O–H groups in total. The second-order valence-corrected chi connectivity index (χ2v) is 13.9. The van der Waals surface area contributed by atoms with E-state index in [1.807, 2.05) is 0 Å². The van der Waals surface area contributed by atoms with Crippen LogP contribution in [0.25, 0.3) is 27.1 Å². The van der Waals surface area contributed by atoms with Crippen LogP contribution >= 0.6 is 11.6 Å². The average Bonchev–Trinajstić information content (AvgIpc) is 3.57. The van der Waals surface area contributed by atoms with E-state index < -0.39 is 0 Å². The Morgan fingerprint density at radius 3 is 2.07 bits per heavy atom. The third kappa shape index (κ3) is 4.27. The van der Waals surface area contributed by atoms with Crippen molar-refractivity contribution in [2.24, 2.45) is 0 Å². The molecule has 0 spiro atoms. The van der Waals surface area contributed by atoms with Gasteiger partial charge in [-0.3, -0.25) is 0 Å². The number of allylic oxidation sites excluding steroid dienone is 10. The maximum absolute atomic E-state index is 7.13. The van der Waals surface area contributed by atoms with Crippen molar-refractivity contribution in [1.29, 1.82) is 0 Å². The quantitative estimate of drug-likeness (QED) is 0.222. The van der Waals surface area contributed by atoms with Crippen LogP contribution in [0.5, 0.6) is 0 Å². The van der Waals surface area contributed by atoms with Crippen molar-refractivity contribution < 1.29 is 0 Å². The minimum absolute atomic E-state index is 0.0659. The Hall–Kier alpha value is -3.81. The molecule has 0 saturated carbocycles. The van der Waals surface area contributed by atoms with Crippen molar-refractivity contribution in [2.75, 3.05) is 11.4 Å². The molecule has 1 aliphatic heterocycles. The highest BCUT2D eigenvalue weighted by atomic mass is 35.5. The molecule has 0 fully saturated rings. The van der Waals surface area contributed by atoms with Crippen LogP contribution in [0, 0.1) is 0 Å². The predicted molar refractivity (Wildman–Crippen MR) is 192 cm³/mol. The van der Waals surface area contributed by atoms with Gasteiger partial charge in [0.15, 0.2) is 0 Å². The average molecular weight is 596 g/mol. The molecule has 0 unspecified atom stereocenters. The molecule has 4 aromatic rings. The smallest absolute Gasteiger partial charge is 0.0470 e. The fourth-order valence-electron chi connectivity index (χ4n) is 8.29. The van der Waals surface area contributed by atoms with Gasteiger partial charge in [-0.2, -0.15) is 0 Å². The summed E-state index contributed by atoms with van der Waals surface area (Å²) in [7, 11) is 0. The molecule has 3 aliphatic rings.